The molecule has 0 fully saturated rings. The Bertz CT molecular complexity index is 1200. The van der Waals surface area contributed by atoms with Gasteiger partial charge in [0.15, 0.2) is 0 Å². The zero-order valence-corrected chi connectivity index (χ0v) is 21.0. The number of nitrogens with two attached hydrogens (primary N) is 1. The van der Waals surface area contributed by atoms with E-state index < -0.39 is 0 Å². The number of aromatic nitrogens is 3. The van der Waals surface area contributed by atoms with Gasteiger partial charge in [-0.2, -0.15) is 0 Å². The first-order valence-corrected chi connectivity index (χ1v) is 12.5. The summed E-state index contributed by atoms with van der Waals surface area (Å²) in [5.41, 5.74) is 9.79. The molecule has 1 aromatic heterocycles. The van der Waals surface area contributed by atoms with Crippen LogP contribution in [-0.2, 0) is 4.79 Å². The number of carbonyl (C=O) groups excluding carboxylic acids is 1. The van der Waals surface area contributed by atoms with Crippen molar-refractivity contribution in [3.05, 3.63) is 76.3 Å². The van der Waals surface area contributed by atoms with E-state index in [1.165, 1.54) is 0 Å². The molecule has 0 spiro atoms. The molecule has 3 aromatic rings. The van der Waals surface area contributed by atoms with Crippen LogP contribution in [0.3, 0.4) is 0 Å². The number of hydrogen-bond donors (Lipinski definition) is 2. The van der Waals surface area contributed by atoms with Crippen LogP contribution in [0.5, 0.6) is 5.75 Å². The Kier molecular flexibility index (Phi) is 8.21. The Morgan fingerprint density at radius 1 is 1.23 bits per heavy atom. The van der Waals surface area contributed by atoms with Gasteiger partial charge in [-0.05, 0) is 74.6 Å². The molecule has 2 aromatic carbocycles. The molecule has 35 heavy (non-hydrogen) atoms. The predicted octanol–water partition coefficient (Wildman–Crippen LogP) is 4.79. The fourth-order valence-corrected chi connectivity index (χ4v) is 4.70. The highest BCUT2D eigenvalue weighted by molar-refractivity contribution is 6.30. The SMILES string of the molecule is CCNC(=O)C[C@@H]1CCC/C=C(/c2ccc(Cl)cc2)c2cc(OCCN)ccc2-n2c(C)nnc21. The standard InChI is InChI=1S/C27H32ClN5O2/c1-3-30-26(34)16-20-6-4-5-7-23(19-8-10-21(28)11-9-19)24-17-22(35-15-14-29)12-13-25(24)33-18(2)31-32-27(20)33/h7-13,17,20H,3-6,14-16,29H2,1-2H3,(H,30,34)/b23-7-/t20-/m0/s1. The molecule has 0 aliphatic carbocycles. The van der Waals surface area contributed by atoms with Crippen molar-refractivity contribution in [2.75, 3.05) is 19.7 Å². The van der Waals surface area contributed by atoms with Crippen LogP contribution in [0.1, 0.15) is 61.3 Å². The van der Waals surface area contributed by atoms with E-state index in [9.17, 15) is 4.79 Å². The number of hydrogen-bond acceptors (Lipinski definition) is 5. The molecule has 2 heterocycles. The maximum absolute atomic E-state index is 12.5. The molecule has 1 aliphatic rings. The summed E-state index contributed by atoms with van der Waals surface area (Å²) in [5, 5.41) is 12.6. The maximum Gasteiger partial charge on any atom is 0.220 e. The lowest BCUT2D eigenvalue weighted by molar-refractivity contribution is -0.121. The van der Waals surface area contributed by atoms with E-state index in [-0.39, 0.29) is 11.8 Å². The molecule has 7 nitrogen and oxygen atoms in total. The lowest BCUT2D eigenvalue weighted by Gasteiger charge is -2.23. The van der Waals surface area contributed by atoms with Crippen LogP contribution in [0.4, 0.5) is 0 Å². The van der Waals surface area contributed by atoms with Crippen LogP contribution in [0.2, 0.25) is 5.02 Å². The Morgan fingerprint density at radius 3 is 2.77 bits per heavy atom. The summed E-state index contributed by atoms with van der Waals surface area (Å²) in [4.78, 5) is 12.5. The second-order valence-corrected chi connectivity index (χ2v) is 9.10. The predicted molar refractivity (Wildman–Crippen MR) is 139 cm³/mol. The summed E-state index contributed by atoms with van der Waals surface area (Å²) in [6.45, 7) is 5.36. The van der Waals surface area contributed by atoms with E-state index in [0.29, 0.717) is 31.1 Å². The van der Waals surface area contributed by atoms with Crippen LogP contribution in [0, 0.1) is 6.92 Å². The molecule has 3 N–H and O–H groups in total. The van der Waals surface area contributed by atoms with E-state index in [1.807, 2.05) is 50.2 Å². The third-order valence-electron chi connectivity index (χ3n) is 6.17. The summed E-state index contributed by atoms with van der Waals surface area (Å²) < 4.78 is 7.97. The normalized spacial score (nSPS) is 17.0. The zero-order valence-electron chi connectivity index (χ0n) is 20.3. The van der Waals surface area contributed by atoms with E-state index in [4.69, 9.17) is 22.1 Å². The summed E-state index contributed by atoms with van der Waals surface area (Å²) in [6.07, 6.45) is 5.28. The average molecular weight is 494 g/mol. The number of ether oxygens (including phenoxy) is 1. The fraction of sp³-hybridized carbons (Fsp3) is 0.370. The van der Waals surface area contributed by atoms with Gasteiger partial charge < -0.3 is 15.8 Å². The average Bonchev–Trinajstić information content (AvgIpc) is 3.23. The highest BCUT2D eigenvalue weighted by Crippen LogP contribution is 2.37. The van der Waals surface area contributed by atoms with Crippen LogP contribution in [0.25, 0.3) is 11.3 Å². The van der Waals surface area contributed by atoms with Crippen LogP contribution < -0.4 is 15.8 Å². The molecule has 0 radical (unpaired) electrons. The smallest absolute Gasteiger partial charge is 0.220 e. The van der Waals surface area contributed by atoms with Crippen molar-refractivity contribution in [1.29, 1.82) is 0 Å². The Hall–Kier alpha value is -3.16. The lowest BCUT2D eigenvalue weighted by Crippen LogP contribution is -2.25. The van der Waals surface area contributed by atoms with Crippen molar-refractivity contribution in [3.63, 3.8) is 0 Å². The van der Waals surface area contributed by atoms with Gasteiger partial charge in [-0.25, -0.2) is 0 Å². The van der Waals surface area contributed by atoms with Gasteiger partial charge in [0.1, 0.15) is 24.0 Å². The van der Waals surface area contributed by atoms with Crippen molar-refractivity contribution in [2.45, 2.75) is 45.4 Å². The maximum atomic E-state index is 12.5. The number of halogens is 1. The Balaban J connectivity index is 1.88. The second kappa shape index (κ2) is 11.5. The topological polar surface area (TPSA) is 95.1 Å². The molecule has 8 heteroatoms. The quantitative estimate of drug-likeness (QED) is 0.493. The van der Waals surface area contributed by atoms with Gasteiger partial charge in [-0.15, -0.1) is 10.2 Å². The van der Waals surface area contributed by atoms with Gasteiger partial charge in [0, 0.05) is 36.0 Å². The van der Waals surface area contributed by atoms with E-state index in [2.05, 4.69) is 32.2 Å². The molecule has 1 atom stereocenters. The number of carbonyl (C=O) groups is 1. The molecular weight excluding hydrogens is 462 g/mol. The largest absolute Gasteiger partial charge is 0.492 e. The summed E-state index contributed by atoms with van der Waals surface area (Å²) in [7, 11) is 0. The molecule has 184 valence electrons. The number of fused-ring (bicyclic) bond motifs is 3. The van der Waals surface area contributed by atoms with E-state index in [1.54, 1.807) is 0 Å². The van der Waals surface area contributed by atoms with Crippen molar-refractivity contribution in [2.24, 2.45) is 5.73 Å². The van der Waals surface area contributed by atoms with Crippen molar-refractivity contribution >= 4 is 23.1 Å². The van der Waals surface area contributed by atoms with Crippen LogP contribution in [0.15, 0.2) is 48.5 Å². The van der Waals surface area contributed by atoms with Gasteiger partial charge in [-0.3, -0.25) is 9.36 Å². The van der Waals surface area contributed by atoms with Crippen LogP contribution >= 0.6 is 11.6 Å². The molecule has 1 aliphatic heterocycles. The lowest BCUT2D eigenvalue weighted by atomic mass is 9.91. The molecular formula is C27H32ClN5O2. The van der Waals surface area contributed by atoms with Gasteiger partial charge in [-0.1, -0.05) is 29.8 Å². The highest BCUT2D eigenvalue weighted by atomic mass is 35.5. The number of nitrogens with one attached hydrogen (secondary N) is 1. The number of aryl methyl sites for hydroxylation is 1. The van der Waals surface area contributed by atoms with Crippen molar-refractivity contribution < 1.29 is 9.53 Å². The molecule has 0 unspecified atom stereocenters. The minimum Gasteiger partial charge on any atom is -0.492 e. The summed E-state index contributed by atoms with van der Waals surface area (Å²) in [6, 6.07) is 13.9. The van der Waals surface area contributed by atoms with Crippen molar-refractivity contribution in [3.8, 4) is 11.4 Å². The molecule has 0 saturated carbocycles. The zero-order chi connectivity index (χ0) is 24.8. The van der Waals surface area contributed by atoms with E-state index in [0.717, 1.165) is 59.0 Å². The first kappa shape index (κ1) is 24.9. The first-order chi connectivity index (χ1) is 17.0. The number of nitrogens with zero attached hydrogens (tertiary/aromatic N) is 3. The van der Waals surface area contributed by atoms with Gasteiger partial charge in [0.05, 0.1) is 5.69 Å². The summed E-state index contributed by atoms with van der Waals surface area (Å²) >= 11 is 6.19. The van der Waals surface area contributed by atoms with Crippen LogP contribution in [-0.4, -0.2) is 40.4 Å². The molecule has 4 rings (SSSR count). The van der Waals surface area contributed by atoms with Gasteiger partial charge in [0.25, 0.3) is 0 Å². The van der Waals surface area contributed by atoms with Gasteiger partial charge >= 0.3 is 0 Å². The number of allylic oxidation sites excluding steroid dienone is 1. The summed E-state index contributed by atoms with van der Waals surface area (Å²) in [5.74, 6) is 2.33. The van der Waals surface area contributed by atoms with Crippen molar-refractivity contribution in [1.82, 2.24) is 20.1 Å². The highest BCUT2D eigenvalue weighted by Gasteiger charge is 2.26. The van der Waals surface area contributed by atoms with E-state index >= 15 is 0 Å². The molecule has 1 amide bonds. The Morgan fingerprint density at radius 2 is 2.03 bits per heavy atom. The minimum absolute atomic E-state index is 0.0323. The number of amides is 1. The second-order valence-electron chi connectivity index (χ2n) is 8.67. The molecule has 0 bridgehead atoms. The fourth-order valence-electron chi connectivity index (χ4n) is 4.57. The first-order valence-electron chi connectivity index (χ1n) is 12.1. The third kappa shape index (κ3) is 5.74. The monoisotopic (exact) mass is 493 g/mol. The minimum atomic E-state index is -0.0331. The third-order valence-corrected chi connectivity index (χ3v) is 6.42. The number of benzene rings is 2. The molecule has 0 saturated heterocycles. The van der Waals surface area contributed by atoms with Gasteiger partial charge in [0.2, 0.25) is 5.91 Å². The Labute approximate surface area is 211 Å². The number of rotatable bonds is 7.